The predicted molar refractivity (Wildman–Crippen MR) is 110 cm³/mol. The molecule has 5 heteroatoms. The van der Waals surface area contributed by atoms with Crippen LogP contribution in [0.3, 0.4) is 0 Å². The molecule has 1 aliphatic heterocycles. The average molecular weight is 372 g/mol. The van der Waals surface area contributed by atoms with Crippen molar-refractivity contribution >= 4 is 32.5 Å². The lowest BCUT2D eigenvalue weighted by molar-refractivity contribution is 0.400. The number of fused-ring (bicyclic) bond motifs is 4. The van der Waals surface area contributed by atoms with Gasteiger partial charge in [0.05, 0.1) is 24.8 Å². The third-order valence-corrected chi connectivity index (χ3v) is 5.81. The van der Waals surface area contributed by atoms with Gasteiger partial charge >= 0.3 is 0 Å². The second kappa shape index (κ2) is 6.21. The van der Waals surface area contributed by atoms with Gasteiger partial charge in [-0.1, -0.05) is 30.3 Å². The maximum absolute atomic E-state index is 5.47. The van der Waals surface area contributed by atoms with E-state index in [1.807, 2.05) is 24.3 Å². The van der Waals surface area contributed by atoms with Crippen molar-refractivity contribution in [2.45, 2.75) is 0 Å². The highest BCUT2D eigenvalue weighted by Gasteiger charge is 2.23. The van der Waals surface area contributed by atoms with E-state index in [0.717, 1.165) is 43.0 Å². The average Bonchev–Trinajstić information content (AvgIpc) is 3.04. The molecule has 0 amide bonds. The highest BCUT2D eigenvalue weighted by atomic mass is 32.1. The minimum absolute atomic E-state index is 0.596. The summed E-state index contributed by atoms with van der Waals surface area (Å²) in [5, 5.41) is 2.26. The molecule has 0 bridgehead atoms. The third kappa shape index (κ3) is 2.51. The Morgan fingerprint density at radius 2 is 1.67 bits per heavy atom. The molecule has 0 N–H and O–H groups in total. The molecule has 0 unspecified atom stereocenters. The number of ether oxygens (including phenoxy) is 2. The van der Waals surface area contributed by atoms with Crippen molar-refractivity contribution in [3.05, 3.63) is 60.7 Å². The van der Waals surface area contributed by atoms with Crippen LogP contribution in [-0.2, 0) is 0 Å². The Kier molecular flexibility index (Phi) is 3.69. The largest absolute Gasteiger partial charge is 0.497 e. The summed E-state index contributed by atoms with van der Waals surface area (Å²) in [6.45, 7) is 0. The van der Waals surface area contributed by atoms with Crippen molar-refractivity contribution in [3.8, 4) is 33.3 Å². The molecule has 1 aromatic heterocycles. The lowest BCUT2D eigenvalue weighted by atomic mass is 10.0. The van der Waals surface area contributed by atoms with Gasteiger partial charge in [-0.25, -0.2) is 9.97 Å². The number of methoxy groups -OCH3 is 2. The van der Waals surface area contributed by atoms with Gasteiger partial charge in [0.25, 0.3) is 0 Å². The van der Waals surface area contributed by atoms with Gasteiger partial charge in [0.1, 0.15) is 16.1 Å². The summed E-state index contributed by atoms with van der Waals surface area (Å²) < 4.78 is 10.8. The first-order valence-corrected chi connectivity index (χ1v) is 9.40. The van der Waals surface area contributed by atoms with Crippen molar-refractivity contribution in [1.29, 1.82) is 0 Å². The van der Waals surface area contributed by atoms with E-state index in [2.05, 4.69) is 41.4 Å². The zero-order valence-electron chi connectivity index (χ0n) is 14.9. The molecule has 4 nitrogen and oxygen atoms in total. The molecule has 0 spiro atoms. The van der Waals surface area contributed by atoms with E-state index in [-0.39, 0.29) is 0 Å². The van der Waals surface area contributed by atoms with Crippen molar-refractivity contribution in [2.24, 2.45) is 0 Å². The molecule has 5 rings (SSSR count). The normalized spacial score (nSPS) is 11.3. The van der Waals surface area contributed by atoms with E-state index >= 15 is 0 Å². The molecule has 3 aromatic rings. The van der Waals surface area contributed by atoms with Crippen LogP contribution in [0, 0.1) is 0 Å². The maximum atomic E-state index is 5.47. The molecule has 0 saturated carbocycles. The van der Waals surface area contributed by atoms with Gasteiger partial charge in [-0.05, 0) is 35.2 Å². The van der Waals surface area contributed by atoms with E-state index in [1.165, 1.54) is 5.56 Å². The Hall–Kier alpha value is -3.18. The fourth-order valence-corrected chi connectivity index (χ4v) is 4.56. The molecule has 2 aromatic carbocycles. The summed E-state index contributed by atoms with van der Waals surface area (Å²) >= 11 is 1.65. The fourth-order valence-electron chi connectivity index (χ4n) is 3.44. The molecule has 2 aliphatic rings. The Morgan fingerprint density at radius 3 is 2.44 bits per heavy atom. The van der Waals surface area contributed by atoms with E-state index in [0.29, 0.717) is 5.88 Å². The van der Waals surface area contributed by atoms with Crippen LogP contribution in [0.25, 0.3) is 42.8 Å². The number of pyridine rings is 1. The summed E-state index contributed by atoms with van der Waals surface area (Å²) in [5.41, 5.74) is 4.20. The van der Waals surface area contributed by atoms with Gasteiger partial charge in [-0.3, -0.25) is 0 Å². The molecule has 0 fully saturated rings. The van der Waals surface area contributed by atoms with E-state index < -0.39 is 0 Å². The van der Waals surface area contributed by atoms with Crippen LogP contribution in [0.5, 0.6) is 11.6 Å². The zero-order valence-corrected chi connectivity index (χ0v) is 15.7. The number of nitrogens with zero attached hydrogens (tertiary/aromatic N) is 2. The number of benzene rings is 2. The highest BCUT2D eigenvalue weighted by Crippen LogP contribution is 2.48. The third-order valence-electron chi connectivity index (χ3n) is 4.71. The fraction of sp³-hybridized carbons (Fsp3) is 0.0909. The minimum Gasteiger partial charge on any atom is -0.497 e. The van der Waals surface area contributed by atoms with E-state index in [4.69, 9.17) is 14.5 Å². The zero-order chi connectivity index (χ0) is 18.4. The standard InChI is InChI=1S/C22H16N2O2S/c1-25-14-8-9-15-16(12-14)19(13-6-4-3-5-7-13)21-20(15)23-17-10-11-18(26-2)24-22(17)27-21/h3-12H,1-2H3. The maximum Gasteiger partial charge on any atom is 0.214 e. The predicted octanol–water partition coefficient (Wildman–Crippen LogP) is 5.63. The van der Waals surface area contributed by atoms with E-state index in [1.54, 1.807) is 25.6 Å². The van der Waals surface area contributed by atoms with Crippen LogP contribution in [0.15, 0.2) is 60.7 Å². The Labute approximate surface area is 160 Å². The second-order valence-electron chi connectivity index (χ2n) is 6.22. The second-order valence-corrected chi connectivity index (χ2v) is 7.22. The van der Waals surface area contributed by atoms with Gasteiger partial charge < -0.3 is 9.47 Å². The lowest BCUT2D eigenvalue weighted by Gasteiger charge is -2.06. The van der Waals surface area contributed by atoms with Crippen LogP contribution in [0.2, 0.25) is 0 Å². The van der Waals surface area contributed by atoms with Crippen LogP contribution < -0.4 is 9.47 Å². The summed E-state index contributed by atoms with van der Waals surface area (Å²) in [4.78, 5) is 11.5. The summed E-state index contributed by atoms with van der Waals surface area (Å²) in [6, 6.07) is 20.4. The molecule has 0 saturated heterocycles. The molecule has 27 heavy (non-hydrogen) atoms. The monoisotopic (exact) mass is 372 g/mol. The number of aromatic nitrogens is 2. The smallest absolute Gasteiger partial charge is 0.214 e. The van der Waals surface area contributed by atoms with Crippen molar-refractivity contribution < 1.29 is 9.47 Å². The first-order chi connectivity index (χ1) is 13.3. The van der Waals surface area contributed by atoms with Crippen LogP contribution in [0.4, 0.5) is 0 Å². The van der Waals surface area contributed by atoms with Crippen molar-refractivity contribution in [1.82, 2.24) is 9.97 Å². The minimum atomic E-state index is 0.596. The van der Waals surface area contributed by atoms with Crippen molar-refractivity contribution in [2.75, 3.05) is 14.2 Å². The summed E-state index contributed by atoms with van der Waals surface area (Å²) in [6.07, 6.45) is 0. The topological polar surface area (TPSA) is 44.2 Å². The van der Waals surface area contributed by atoms with Gasteiger partial charge in [0, 0.05) is 17.0 Å². The molecule has 0 atom stereocenters. The lowest BCUT2D eigenvalue weighted by Crippen LogP contribution is -1.90. The van der Waals surface area contributed by atoms with Crippen LogP contribution in [-0.4, -0.2) is 24.2 Å². The molecule has 132 valence electrons. The molecular formula is C22H16N2O2S. The molecular weight excluding hydrogens is 356 g/mol. The molecule has 2 heterocycles. The quantitative estimate of drug-likeness (QED) is 0.411. The number of rotatable bonds is 3. The van der Waals surface area contributed by atoms with Crippen LogP contribution >= 0.6 is 11.3 Å². The number of hydrogen-bond acceptors (Lipinski definition) is 5. The van der Waals surface area contributed by atoms with Gasteiger partial charge in [-0.2, -0.15) is 0 Å². The molecule has 1 aliphatic carbocycles. The van der Waals surface area contributed by atoms with Gasteiger partial charge in [-0.15, -0.1) is 11.3 Å². The van der Waals surface area contributed by atoms with Gasteiger partial charge in [0.2, 0.25) is 5.88 Å². The first-order valence-electron chi connectivity index (χ1n) is 8.59. The van der Waals surface area contributed by atoms with E-state index in [9.17, 15) is 0 Å². The first kappa shape index (κ1) is 16.0. The summed E-state index contributed by atoms with van der Waals surface area (Å²) in [7, 11) is 3.32. The Bertz CT molecular complexity index is 1250. The SMILES string of the molecule is COc1ccc2c3nc4ccc(OC)nc4sc-3c(-c3ccccc3)c2c1. The van der Waals surface area contributed by atoms with Crippen LogP contribution in [0.1, 0.15) is 0 Å². The summed E-state index contributed by atoms with van der Waals surface area (Å²) in [5.74, 6) is 1.43. The molecule has 0 radical (unpaired) electrons. The Balaban J connectivity index is 1.93. The van der Waals surface area contributed by atoms with Gasteiger partial charge in [0.15, 0.2) is 0 Å². The number of hydrogen-bond donors (Lipinski definition) is 0. The van der Waals surface area contributed by atoms with Crippen molar-refractivity contribution in [3.63, 3.8) is 0 Å². The highest BCUT2D eigenvalue weighted by molar-refractivity contribution is 7.21. The Morgan fingerprint density at radius 1 is 0.815 bits per heavy atom.